The number of aliphatic hydroxyl groups excluding tert-OH is 4. The molecule has 6 fully saturated rings. The molecule has 41 nitrogen and oxygen atoms in total. The Hall–Kier alpha value is -10.2. The number of methoxy groups -OCH3 is 2. The van der Waals surface area contributed by atoms with Crippen LogP contribution in [0.15, 0.2) is 86.2 Å². The van der Waals surface area contributed by atoms with Crippen molar-refractivity contribution in [1.29, 1.82) is 0 Å². The van der Waals surface area contributed by atoms with Crippen LogP contribution in [0.3, 0.4) is 0 Å². The molecule has 8 amide bonds. The van der Waals surface area contributed by atoms with Crippen LogP contribution in [0.1, 0.15) is 141 Å². The molecule has 10 rings (SSSR count). The zero-order valence-corrected chi connectivity index (χ0v) is 74.6. The van der Waals surface area contributed by atoms with Gasteiger partial charge in [-0.3, -0.25) is 38.2 Å². The van der Waals surface area contributed by atoms with Crippen LogP contribution in [-0.4, -0.2) is 272 Å². The fourth-order valence-corrected chi connectivity index (χ4v) is 15.0. The fraction of sp³-hybridized carbons (Fsp3) is 0.582. The van der Waals surface area contributed by atoms with Gasteiger partial charge in [0.25, 0.3) is 11.8 Å². The average molecular weight is 1830 g/mol. The number of rotatable bonds is 29. The van der Waals surface area contributed by atoms with Crippen LogP contribution in [-0.2, 0) is 72.6 Å². The number of carbonyl (C=O) groups excluding carboxylic acids is 8. The molecule has 4 heterocycles. The number of carboxylic acid groups (broad SMARTS) is 3. The van der Waals surface area contributed by atoms with Gasteiger partial charge in [-0.1, -0.05) is 12.2 Å². The highest BCUT2D eigenvalue weighted by Gasteiger charge is 2.63. The van der Waals surface area contributed by atoms with Crippen molar-refractivity contribution in [1.82, 2.24) is 56.2 Å². The van der Waals surface area contributed by atoms with Crippen LogP contribution >= 0.6 is 24.8 Å². The second-order valence-electron chi connectivity index (χ2n) is 33.1. The number of carboxylic acids is 3. The molecule has 2 aliphatic heterocycles. The van der Waals surface area contributed by atoms with Crippen LogP contribution in [0, 0.1) is 11.8 Å². The average Bonchev–Trinajstić information content (AvgIpc) is 1.58. The number of carbonyl (C=O) groups is 11. The van der Waals surface area contributed by atoms with E-state index in [2.05, 4.69) is 64.5 Å². The number of benzene rings is 2. The van der Waals surface area contributed by atoms with E-state index in [0.29, 0.717) is 62.1 Å². The first kappa shape index (κ1) is 106. The lowest BCUT2D eigenvalue weighted by atomic mass is 10.1. The minimum Gasteiger partial charge on any atom is -0.497 e. The van der Waals surface area contributed by atoms with Crippen molar-refractivity contribution in [2.45, 2.75) is 253 Å². The van der Waals surface area contributed by atoms with E-state index < -0.39 is 191 Å². The molecule has 4 aliphatic carbocycles. The number of nitrogens with two attached hydrogens (primary N) is 1. The Kier molecular flexibility index (Phi) is 37.7. The molecule has 16 atom stereocenters. The molecule has 17 N–H and O–H groups in total. The lowest BCUT2D eigenvalue weighted by Crippen LogP contribution is -2.60. The van der Waals surface area contributed by atoms with Gasteiger partial charge in [-0.15, -0.1) is 38.0 Å². The summed E-state index contributed by atoms with van der Waals surface area (Å²) in [6.07, 6.45) is 0.416. The number of amides is 8. The Morgan fingerprint density at radius 1 is 0.548 bits per heavy atom. The van der Waals surface area contributed by atoms with Gasteiger partial charge in [0, 0.05) is 54.4 Å². The van der Waals surface area contributed by atoms with Crippen molar-refractivity contribution in [3.8, 4) is 23.3 Å². The Morgan fingerprint density at radius 3 is 1.23 bits per heavy atom. The normalized spacial score (nSPS) is 22.4. The van der Waals surface area contributed by atoms with Crippen molar-refractivity contribution in [2.24, 2.45) is 17.6 Å². The third kappa shape index (κ3) is 30.6. The van der Waals surface area contributed by atoms with E-state index in [1.807, 2.05) is 24.3 Å². The summed E-state index contributed by atoms with van der Waals surface area (Å²) in [5.41, 5.74) is -0.278. The number of nitrogens with zero attached hydrogens (tertiary/aromatic N) is 3. The number of pyridine rings is 2. The van der Waals surface area contributed by atoms with E-state index in [4.69, 9.17) is 69.5 Å². The number of hydrogen-bond donors (Lipinski definition) is 16. The summed E-state index contributed by atoms with van der Waals surface area (Å²) in [4.78, 5) is 143. The molecule has 6 aliphatic rings. The van der Waals surface area contributed by atoms with Crippen molar-refractivity contribution in [3.63, 3.8) is 0 Å². The quantitative estimate of drug-likeness (QED) is 0.0274. The number of ether oxygens (including phenoxy) is 7. The zero-order valence-electron chi connectivity index (χ0n) is 71.3. The first-order valence-electron chi connectivity index (χ1n) is 38.9. The van der Waals surface area contributed by atoms with Gasteiger partial charge < -0.3 is 111 Å². The molecule has 2 unspecified atom stereocenters. The standard InChI is InChI=1S/C33H43N5O10S.C24H28N4O6S.2C9H17NO5.C4H9NO3.2ClH/c1-7-20-16-33(20,30(42)37-49(44,45)23-9-10-23)36-27(40)25-15-22(47-28-24-11-8-21(46-6)14-19(24)12-13-34-28)17-38(25)29(41)26(18(2)39)35-31(43)48-32(3,4)5;1-3-15-12-24(15,23(30)28-35(31,32)18-5-6-18)27-21(29)20-11-17(13-26-20)34-22-19-7-4-16(33-2)10-14(19)8-9-25-22;2*1-5(11)6(7(12)13)10-8(14)15-9(2,3)4;1-2(6)3(5)4(7)8;;/h7-8,11-14,18,20,22-23,25-26,39H,1,9-10,15-17H2,2-6H3,(H,35,43)(H,36,40)(H,37,42);3-4,7-10,15,17-18,20,26H,1,5-6,11-13H2,2H3,(H,27,29)(H,28,30);2*5-6,11H,1-4H3,(H,10,14)(H,12,13);2-3,6H,5H2,1H3,(H,7,8);2*1H/t18-,20+,22+,25-,26?,33+;15-,17?,20+,24-;2*5-,6-;2-,3-;;/m01000../s1. The molecular weight excluding hydrogens is 1720 g/mol. The van der Waals surface area contributed by atoms with E-state index >= 15 is 0 Å². The molecule has 2 aromatic heterocycles. The predicted molar refractivity (Wildman–Crippen MR) is 452 cm³/mol. The summed E-state index contributed by atoms with van der Waals surface area (Å²) in [6, 6.07) is 7.35. The number of fused-ring (bicyclic) bond motifs is 2. The van der Waals surface area contributed by atoms with Crippen molar-refractivity contribution >= 4 is 132 Å². The maximum absolute atomic E-state index is 14.0. The summed E-state index contributed by atoms with van der Waals surface area (Å²) in [6.45, 7) is 27.8. The second-order valence-corrected chi connectivity index (χ2v) is 37.0. The summed E-state index contributed by atoms with van der Waals surface area (Å²) >= 11 is 0. The highest BCUT2D eigenvalue weighted by atomic mass is 35.5. The van der Waals surface area contributed by atoms with Gasteiger partial charge in [0.2, 0.25) is 49.5 Å². The van der Waals surface area contributed by atoms with Crippen molar-refractivity contribution in [3.05, 3.63) is 86.2 Å². The lowest BCUT2D eigenvalue weighted by Gasteiger charge is -2.31. The Morgan fingerprint density at radius 2 is 0.919 bits per heavy atom. The number of hydrogen-bond acceptors (Lipinski definition) is 30. The van der Waals surface area contributed by atoms with E-state index in [1.165, 1.54) is 38.7 Å². The maximum atomic E-state index is 14.0. The maximum Gasteiger partial charge on any atom is 0.408 e. The molecule has 124 heavy (non-hydrogen) atoms. The number of alkyl carbamates (subject to hydrolysis) is 3. The third-order valence-corrected chi connectivity index (χ3v) is 22.9. The van der Waals surface area contributed by atoms with Gasteiger partial charge in [-0.05, 0) is 188 Å². The zero-order chi connectivity index (χ0) is 91.9. The minimum atomic E-state index is -3.92. The van der Waals surface area contributed by atoms with Gasteiger partial charge in [-0.25, -0.2) is 50.8 Å². The minimum absolute atomic E-state index is 0. The number of likely N-dealkylation sites (tertiary alicyclic amines) is 1. The summed E-state index contributed by atoms with van der Waals surface area (Å²) in [7, 11) is -4.48. The molecule has 0 spiro atoms. The fourth-order valence-electron chi connectivity index (χ4n) is 12.3. The highest BCUT2D eigenvalue weighted by Crippen LogP contribution is 2.47. The number of aliphatic hydroxyl groups is 4. The van der Waals surface area contributed by atoms with E-state index in [9.17, 15) is 74.7 Å². The number of aliphatic carboxylic acids is 3. The molecule has 692 valence electrons. The Labute approximate surface area is 730 Å². The van der Waals surface area contributed by atoms with Crippen LogP contribution < -0.4 is 66.0 Å². The highest BCUT2D eigenvalue weighted by molar-refractivity contribution is 7.91. The smallest absolute Gasteiger partial charge is 0.408 e. The molecule has 2 aromatic carbocycles. The van der Waals surface area contributed by atoms with Crippen LogP contribution in [0.4, 0.5) is 14.4 Å². The van der Waals surface area contributed by atoms with E-state index in [-0.39, 0.29) is 68.0 Å². The number of sulfonamides is 2. The first-order valence-corrected chi connectivity index (χ1v) is 42.0. The second kappa shape index (κ2) is 44.1. The number of aromatic nitrogens is 2. The van der Waals surface area contributed by atoms with Crippen LogP contribution in [0.25, 0.3) is 21.5 Å². The van der Waals surface area contributed by atoms with E-state index in [0.717, 1.165) is 21.9 Å². The SMILES string of the molecule is C=C[C@@H]1C[C@]1(NC(=O)[C@@H]1CC(Oc2nccc3cc(OC)ccc23)CN1)C(=O)NS(=O)(=O)C1CC1.C=C[C@@H]1C[C@]1(NC(=O)[C@@H]1C[C@@H](Oc2nccc3cc(OC)ccc23)CN1C(=O)C(NC(=O)OC(C)(C)C)[C@H](C)O)C(=O)NS(=O)(=O)C1CC1.C[C@H](O)[C@H](N)C(=O)O.C[C@H](O)[C@H](NC(=O)OC(C)(C)C)C(=O)O.C[C@H](O)[C@H](NC(=O)OC(C)(C)C)C(=O)O.Cl.Cl. The largest absolute Gasteiger partial charge is 0.497 e. The van der Waals surface area contributed by atoms with Gasteiger partial charge >= 0.3 is 36.2 Å². The monoisotopic (exact) mass is 1830 g/mol. The lowest BCUT2D eigenvalue weighted by molar-refractivity contribution is -0.143. The Bertz CT molecular complexity index is 4680. The van der Waals surface area contributed by atoms with E-state index in [1.54, 1.807) is 119 Å². The summed E-state index contributed by atoms with van der Waals surface area (Å²) < 4.78 is 91.9. The molecular formula is C79H116Cl2N12O29S2. The van der Waals surface area contributed by atoms with Gasteiger partial charge in [0.05, 0.1) is 61.7 Å². The third-order valence-electron chi connectivity index (χ3n) is 19.2. The predicted octanol–water partition coefficient (Wildman–Crippen LogP) is 2.87. The molecule has 4 saturated carbocycles. The van der Waals surface area contributed by atoms with Crippen molar-refractivity contribution in [2.75, 3.05) is 27.3 Å². The Balaban J connectivity index is 0.000000371. The van der Waals surface area contributed by atoms with Gasteiger partial charge in [0.15, 0.2) is 12.1 Å². The summed E-state index contributed by atoms with van der Waals surface area (Å²) in [5, 5.41) is 79.8. The number of nitrogens with one attached hydrogen (secondary N) is 8. The molecule has 0 bridgehead atoms. The van der Waals surface area contributed by atoms with Gasteiger partial charge in [-0.2, -0.15) is 0 Å². The molecule has 2 saturated heterocycles. The molecule has 45 heteroatoms. The molecule has 4 aromatic rings. The summed E-state index contributed by atoms with van der Waals surface area (Å²) in [5.74, 6) is -6.13. The van der Waals surface area contributed by atoms with Gasteiger partial charge in [0.1, 0.15) is 69.7 Å². The molecule has 0 radical (unpaired) electrons. The first-order chi connectivity index (χ1) is 56.5. The topological polar surface area (TPSA) is 614 Å². The van der Waals surface area contributed by atoms with Crippen LogP contribution in [0.5, 0.6) is 23.3 Å². The van der Waals surface area contributed by atoms with Crippen molar-refractivity contribution < 1.29 is 138 Å². The number of halogens is 2. The van der Waals surface area contributed by atoms with Crippen LogP contribution in [0.2, 0.25) is 0 Å².